The van der Waals surface area contributed by atoms with Crippen LogP contribution in [0.25, 0.3) is 0 Å². The van der Waals surface area contributed by atoms with E-state index in [9.17, 15) is 4.79 Å². The molecule has 60 valence electrons. The molecule has 1 unspecified atom stereocenters. The molecule has 0 radical (unpaired) electrons. The van der Waals surface area contributed by atoms with E-state index >= 15 is 0 Å². The summed E-state index contributed by atoms with van der Waals surface area (Å²) in [6, 6.07) is -0.506. The Morgan fingerprint density at radius 3 is 3.00 bits per heavy atom. The van der Waals surface area contributed by atoms with Gasteiger partial charge in [0.2, 0.25) is 0 Å². The van der Waals surface area contributed by atoms with E-state index in [0.29, 0.717) is 13.0 Å². The minimum absolute atomic E-state index is 0.152. The zero-order chi connectivity index (χ0) is 8.27. The Morgan fingerprint density at radius 1 is 1.82 bits per heavy atom. The Kier molecular flexibility index (Phi) is 2.34. The van der Waals surface area contributed by atoms with Crippen LogP contribution in [0.4, 0.5) is 0 Å². The molecule has 0 aromatic carbocycles. The summed E-state index contributed by atoms with van der Waals surface area (Å²) in [5, 5.41) is 11.3. The van der Waals surface area contributed by atoms with Crippen LogP contribution < -0.4 is 5.32 Å². The van der Waals surface area contributed by atoms with Crippen molar-refractivity contribution in [2.24, 2.45) is 0 Å². The number of rotatable bonds is 2. The summed E-state index contributed by atoms with van der Waals surface area (Å²) < 4.78 is 4.79. The summed E-state index contributed by atoms with van der Waals surface area (Å²) in [4.78, 5) is 10.4. The molecule has 1 fully saturated rings. The molecule has 0 aromatic rings. The van der Waals surface area contributed by atoms with Crippen molar-refractivity contribution < 1.29 is 14.6 Å². The molecule has 2 atom stereocenters. The van der Waals surface area contributed by atoms with Gasteiger partial charge in [0.05, 0.1) is 0 Å². The number of terminal acetylenes is 1. The van der Waals surface area contributed by atoms with Crippen molar-refractivity contribution in [3.8, 4) is 12.5 Å². The van der Waals surface area contributed by atoms with Crippen LogP contribution in [0.3, 0.4) is 0 Å². The largest absolute Gasteiger partial charge is 0.480 e. The summed E-state index contributed by atoms with van der Waals surface area (Å²) in [6.07, 6.45) is 7.21. The van der Waals surface area contributed by atoms with Crippen molar-refractivity contribution in [3.63, 3.8) is 0 Å². The fraction of sp³-hybridized carbons (Fsp3) is 0.571. The van der Waals surface area contributed by atoms with Gasteiger partial charge in [-0.1, -0.05) is 6.42 Å². The quantitative estimate of drug-likeness (QED) is 0.523. The predicted octanol–water partition coefficient (Wildman–Crippen LogP) is -0.591. The number of ether oxygens (including phenoxy) is 1. The third kappa shape index (κ3) is 1.85. The molecule has 2 N–H and O–H groups in total. The lowest BCUT2D eigenvalue weighted by atomic mass is 10.2. The molecule has 11 heavy (non-hydrogen) atoms. The molecule has 0 amide bonds. The lowest BCUT2D eigenvalue weighted by Gasteiger charge is -2.03. The van der Waals surface area contributed by atoms with Gasteiger partial charge < -0.3 is 15.2 Å². The van der Waals surface area contributed by atoms with Crippen LogP contribution in [0.2, 0.25) is 0 Å². The first-order valence-electron chi connectivity index (χ1n) is 3.31. The number of hydrogen-bond donors (Lipinski definition) is 2. The van der Waals surface area contributed by atoms with E-state index in [4.69, 9.17) is 16.3 Å². The number of nitrogens with one attached hydrogen (secondary N) is 1. The molecule has 1 saturated heterocycles. The second kappa shape index (κ2) is 3.26. The predicted molar refractivity (Wildman–Crippen MR) is 37.7 cm³/mol. The van der Waals surface area contributed by atoms with E-state index in [2.05, 4.69) is 5.32 Å². The van der Waals surface area contributed by atoms with Gasteiger partial charge in [-0.2, -0.15) is 0 Å². The maximum atomic E-state index is 10.4. The van der Waals surface area contributed by atoms with Crippen LogP contribution in [0.5, 0.6) is 0 Å². The van der Waals surface area contributed by atoms with E-state index in [0.717, 1.165) is 0 Å². The minimum Gasteiger partial charge on any atom is -0.480 e. The van der Waals surface area contributed by atoms with E-state index in [1.165, 1.54) is 0 Å². The average Bonchev–Trinajstić information content (AvgIpc) is 2.37. The van der Waals surface area contributed by atoms with Gasteiger partial charge in [0.15, 0.2) is 0 Å². The van der Waals surface area contributed by atoms with E-state index in [1.54, 1.807) is 0 Å². The van der Waals surface area contributed by atoms with E-state index < -0.39 is 12.0 Å². The standard InChI is InChI=1S/C7H9NO3/c1-2-11-5-3-6(7(9)10)8-4-5/h1,5-6,8H,3-4H2,(H,9,10)/t5?,6-/m0/s1. The van der Waals surface area contributed by atoms with E-state index in [1.807, 2.05) is 6.11 Å². The van der Waals surface area contributed by atoms with Gasteiger partial charge in [0.1, 0.15) is 18.3 Å². The highest BCUT2D eigenvalue weighted by atomic mass is 16.5. The third-order valence-electron chi connectivity index (χ3n) is 1.62. The molecule has 4 nitrogen and oxygen atoms in total. The summed E-state index contributed by atoms with van der Waals surface area (Å²) >= 11 is 0. The van der Waals surface area contributed by atoms with Crippen LogP contribution in [-0.4, -0.2) is 29.8 Å². The molecule has 1 heterocycles. The Morgan fingerprint density at radius 2 is 2.55 bits per heavy atom. The minimum atomic E-state index is -0.854. The normalized spacial score (nSPS) is 29.4. The van der Waals surface area contributed by atoms with Crippen molar-refractivity contribution in [2.75, 3.05) is 6.54 Å². The van der Waals surface area contributed by atoms with Crippen molar-refractivity contribution in [1.82, 2.24) is 5.32 Å². The lowest BCUT2D eigenvalue weighted by Crippen LogP contribution is -2.29. The Hall–Kier alpha value is -1.21. The topological polar surface area (TPSA) is 58.6 Å². The molecule has 0 aromatic heterocycles. The van der Waals surface area contributed by atoms with Gasteiger partial charge in [0, 0.05) is 13.0 Å². The van der Waals surface area contributed by atoms with Crippen LogP contribution in [0.1, 0.15) is 6.42 Å². The van der Waals surface area contributed by atoms with Gasteiger partial charge in [-0.05, 0) is 0 Å². The number of aliphatic carboxylic acids is 1. The van der Waals surface area contributed by atoms with Gasteiger partial charge in [-0.3, -0.25) is 4.79 Å². The van der Waals surface area contributed by atoms with Crippen LogP contribution in [-0.2, 0) is 9.53 Å². The zero-order valence-electron chi connectivity index (χ0n) is 5.91. The molecule has 1 aliphatic heterocycles. The summed E-state index contributed by atoms with van der Waals surface area (Å²) in [7, 11) is 0. The van der Waals surface area contributed by atoms with Gasteiger partial charge in [-0.25, -0.2) is 0 Å². The van der Waals surface area contributed by atoms with Crippen molar-refractivity contribution in [1.29, 1.82) is 0 Å². The maximum Gasteiger partial charge on any atom is 0.320 e. The Balaban J connectivity index is 2.36. The van der Waals surface area contributed by atoms with Crippen LogP contribution in [0, 0.1) is 12.5 Å². The molecule has 0 bridgehead atoms. The molecule has 1 aliphatic rings. The fourth-order valence-corrected chi connectivity index (χ4v) is 1.08. The van der Waals surface area contributed by atoms with Gasteiger partial charge in [0.25, 0.3) is 0 Å². The lowest BCUT2D eigenvalue weighted by molar-refractivity contribution is -0.139. The van der Waals surface area contributed by atoms with Gasteiger partial charge in [-0.15, -0.1) is 0 Å². The van der Waals surface area contributed by atoms with Crippen molar-refractivity contribution >= 4 is 5.97 Å². The fourth-order valence-electron chi connectivity index (χ4n) is 1.08. The Labute approximate surface area is 64.5 Å². The molecule has 0 spiro atoms. The highest BCUT2D eigenvalue weighted by Crippen LogP contribution is 2.09. The highest BCUT2D eigenvalue weighted by Gasteiger charge is 2.29. The van der Waals surface area contributed by atoms with E-state index in [-0.39, 0.29) is 6.10 Å². The molecule has 4 heteroatoms. The van der Waals surface area contributed by atoms with Gasteiger partial charge >= 0.3 is 5.97 Å². The number of carboxylic acid groups (broad SMARTS) is 1. The number of carboxylic acids is 1. The smallest absolute Gasteiger partial charge is 0.320 e. The van der Waals surface area contributed by atoms with Crippen molar-refractivity contribution in [2.45, 2.75) is 18.6 Å². The number of hydrogen-bond acceptors (Lipinski definition) is 3. The second-order valence-corrected chi connectivity index (χ2v) is 2.39. The molecule has 1 rings (SSSR count). The summed E-state index contributed by atoms with van der Waals surface area (Å²) in [6.45, 7) is 0.515. The zero-order valence-corrected chi connectivity index (χ0v) is 5.91. The molecular weight excluding hydrogens is 146 g/mol. The number of carbonyl (C=O) groups is 1. The monoisotopic (exact) mass is 155 g/mol. The van der Waals surface area contributed by atoms with Crippen LogP contribution in [0.15, 0.2) is 0 Å². The first kappa shape index (κ1) is 7.89. The first-order valence-corrected chi connectivity index (χ1v) is 3.31. The average molecular weight is 155 g/mol. The SMILES string of the molecule is C#COC1CN[C@H](C(=O)O)C1. The van der Waals surface area contributed by atoms with Crippen LogP contribution >= 0.6 is 0 Å². The summed E-state index contributed by atoms with van der Waals surface area (Å²) in [5.74, 6) is -0.854. The molecular formula is C7H9NO3. The first-order chi connectivity index (χ1) is 5.24. The maximum absolute atomic E-state index is 10.4. The summed E-state index contributed by atoms with van der Waals surface area (Å²) in [5.41, 5.74) is 0. The van der Waals surface area contributed by atoms with Crippen molar-refractivity contribution in [3.05, 3.63) is 0 Å². The second-order valence-electron chi connectivity index (χ2n) is 2.39. The highest BCUT2D eigenvalue weighted by molar-refractivity contribution is 5.73. The Bertz CT molecular complexity index is 196. The molecule has 0 saturated carbocycles. The molecule has 0 aliphatic carbocycles. The third-order valence-corrected chi connectivity index (χ3v) is 1.62.